The molecule has 1 aromatic rings. The lowest BCUT2D eigenvalue weighted by Gasteiger charge is -2.13. The van der Waals surface area contributed by atoms with Gasteiger partial charge < -0.3 is 15.2 Å². The molecule has 1 aromatic carbocycles. The van der Waals surface area contributed by atoms with Crippen LogP contribution in [0.2, 0.25) is 0 Å². The Bertz CT molecular complexity index is 340. The van der Waals surface area contributed by atoms with Gasteiger partial charge in [-0.25, -0.2) is 0 Å². The number of benzene rings is 1. The van der Waals surface area contributed by atoms with E-state index in [4.69, 9.17) is 15.2 Å². The number of hydrogen-bond donors (Lipinski definition) is 1. The van der Waals surface area contributed by atoms with Crippen molar-refractivity contribution in [3.05, 3.63) is 22.2 Å². The summed E-state index contributed by atoms with van der Waals surface area (Å²) in [6, 6.07) is 3.97. The standard InChI is InChI=1S/C11H16BrNO2/c1-7(13)4-8-5-10(14-2)11(15-3)6-9(8)12/h5-7H,4,13H2,1-3H3/t7-/m0/s1. The van der Waals surface area contributed by atoms with Crippen molar-refractivity contribution in [2.24, 2.45) is 5.73 Å². The first kappa shape index (κ1) is 12.3. The second kappa shape index (κ2) is 5.37. The van der Waals surface area contributed by atoms with Crippen molar-refractivity contribution < 1.29 is 9.47 Å². The average Bonchev–Trinajstić information content (AvgIpc) is 2.19. The van der Waals surface area contributed by atoms with Gasteiger partial charge in [0.05, 0.1) is 14.2 Å². The van der Waals surface area contributed by atoms with Gasteiger partial charge in [0.15, 0.2) is 11.5 Å². The van der Waals surface area contributed by atoms with Crippen molar-refractivity contribution in [2.45, 2.75) is 19.4 Å². The van der Waals surface area contributed by atoms with Gasteiger partial charge >= 0.3 is 0 Å². The van der Waals surface area contributed by atoms with E-state index in [1.165, 1.54) is 0 Å². The summed E-state index contributed by atoms with van der Waals surface area (Å²) in [7, 11) is 3.25. The number of ether oxygens (including phenoxy) is 2. The van der Waals surface area contributed by atoms with Crippen LogP contribution in [-0.4, -0.2) is 20.3 Å². The lowest BCUT2D eigenvalue weighted by atomic mass is 10.1. The lowest BCUT2D eigenvalue weighted by molar-refractivity contribution is 0.354. The summed E-state index contributed by atoms with van der Waals surface area (Å²) in [5, 5.41) is 0. The highest BCUT2D eigenvalue weighted by atomic mass is 79.9. The van der Waals surface area contributed by atoms with Gasteiger partial charge in [0.2, 0.25) is 0 Å². The minimum absolute atomic E-state index is 0.124. The first-order valence-electron chi connectivity index (χ1n) is 4.74. The van der Waals surface area contributed by atoms with Crippen molar-refractivity contribution in [3.8, 4) is 11.5 Å². The molecule has 0 saturated carbocycles. The second-order valence-electron chi connectivity index (χ2n) is 3.48. The Morgan fingerprint density at radius 2 is 1.80 bits per heavy atom. The molecule has 0 aliphatic carbocycles. The van der Waals surface area contributed by atoms with Crippen molar-refractivity contribution in [1.82, 2.24) is 0 Å². The maximum Gasteiger partial charge on any atom is 0.161 e. The van der Waals surface area contributed by atoms with Gasteiger partial charge in [-0.2, -0.15) is 0 Å². The van der Waals surface area contributed by atoms with E-state index in [0.29, 0.717) is 0 Å². The van der Waals surface area contributed by atoms with E-state index < -0.39 is 0 Å². The molecule has 3 nitrogen and oxygen atoms in total. The van der Waals surface area contributed by atoms with E-state index in [9.17, 15) is 0 Å². The molecule has 0 aliphatic heterocycles. The first-order chi connectivity index (χ1) is 7.08. The summed E-state index contributed by atoms with van der Waals surface area (Å²) in [6.07, 6.45) is 0.806. The van der Waals surface area contributed by atoms with E-state index in [-0.39, 0.29) is 6.04 Å². The Hall–Kier alpha value is -0.740. The van der Waals surface area contributed by atoms with Crippen LogP contribution in [0.3, 0.4) is 0 Å². The van der Waals surface area contributed by atoms with Crippen LogP contribution in [-0.2, 0) is 6.42 Å². The number of nitrogens with two attached hydrogens (primary N) is 1. The van der Waals surface area contributed by atoms with Crippen LogP contribution in [0.5, 0.6) is 11.5 Å². The normalized spacial score (nSPS) is 12.3. The summed E-state index contributed by atoms with van der Waals surface area (Å²) in [5.41, 5.74) is 6.89. The van der Waals surface area contributed by atoms with Crippen LogP contribution < -0.4 is 15.2 Å². The predicted molar refractivity (Wildman–Crippen MR) is 64.6 cm³/mol. The monoisotopic (exact) mass is 273 g/mol. The van der Waals surface area contributed by atoms with E-state index in [2.05, 4.69) is 15.9 Å². The molecule has 0 bridgehead atoms. The van der Waals surface area contributed by atoms with Crippen LogP contribution in [0.15, 0.2) is 16.6 Å². The molecule has 0 fully saturated rings. The SMILES string of the molecule is COc1cc(Br)c(C[C@H](C)N)cc1OC. The van der Waals surface area contributed by atoms with Gasteiger partial charge in [-0.1, -0.05) is 15.9 Å². The second-order valence-corrected chi connectivity index (χ2v) is 4.33. The van der Waals surface area contributed by atoms with Crippen molar-refractivity contribution >= 4 is 15.9 Å². The fourth-order valence-corrected chi connectivity index (χ4v) is 1.88. The van der Waals surface area contributed by atoms with Gasteiger partial charge in [-0.15, -0.1) is 0 Å². The molecule has 0 aliphatic rings. The molecule has 0 unspecified atom stereocenters. The average molecular weight is 274 g/mol. The fourth-order valence-electron chi connectivity index (χ4n) is 1.40. The Labute approximate surface area is 98.7 Å². The minimum atomic E-state index is 0.124. The molecule has 0 amide bonds. The third-order valence-electron chi connectivity index (χ3n) is 2.09. The number of rotatable bonds is 4. The van der Waals surface area contributed by atoms with Gasteiger partial charge in [0.25, 0.3) is 0 Å². The number of halogens is 1. The largest absolute Gasteiger partial charge is 0.493 e. The molecule has 0 aromatic heterocycles. The van der Waals surface area contributed by atoms with Crippen LogP contribution >= 0.6 is 15.9 Å². The van der Waals surface area contributed by atoms with Crippen LogP contribution in [0.1, 0.15) is 12.5 Å². The summed E-state index contributed by atoms with van der Waals surface area (Å²) < 4.78 is 11.4. The zero-order valence-corrected chi connectivity index (χ0v) is 10.8. The summed E-state index contributed by atoms with van der Waals surface area (Å²) in [4.78, 5) is 0. The molecule has 84 valence electrons. The van der Waals surface area contributed by atoms with Crippen LogP contribution in [0.25, 0.3) is 0 Å². The van der Waals surface area contributed by atoms with Crippen molar-refractivity contribution in [2.75, 3.05) is 14.2 Å². The summed E-state index contributed by atoms with van der Waals surface area (Å²) >= 11 is 3.49. The topological polar surface area (TPSA) is 44.5 Å². The number of hydrogen-bond acceptors (Lipinski definition) is 3. The fraction of sp³-hybridized carbons (Fsp3) is 0.455. The highest BCUT2D eigenvalue weighted by molar-refractivity contribution is 9.10. The Balaban J connectivity index is 3.08. The number of methoxy groups -OCH3 is 2. The van der Waals surface area contributed by atoms with Gasteiger partial charge in [-0.05, 0) is 31.0 Å². The highest BCUT2D eigenvalue weighted by Crippen LogP contribution is 2.33. The van der Waals surface area contributed by atoms with Gasteiger partial charge in [-0.3, -0.25) is 0 Å². The van der Waals surface area contributed by atoms with Gasteiger partial charge in [0, 0.05) is 10.5 Å². The van der Waals surface area contributed by atoms with E-state index in [1.807, 2.05) is 19.1 Å². The Morgan fingerprint density at radius 1 is 1.27 bits per heavy atom. The molecule has 4 heteroatoms. The summed E-state index contributed by atoms with van der Waals surface area (Å²) in [5.74, 6) is 1.45. The zero-order chi connectivity index (χ0) is 11.4. The lowest BCUT2D eigenvalue weighted by Crippen LogP contribution is -2.18. The molecular formula is C11H16BrNO2. The highest BCUT2D eigenvalue weighted by Gasteiger charge is 2.10. The van der Waals surface area contributed by atoms with Crippen LogP contribution in [0.4, 0.5) is 0 Å². The molecular weight excluding hydrogens is 258 g/mol. The van der Waals surface area contributed by atoms with Crippen molar-refractivity contribution in [1.29, 1.82) is 0 Å². The smallest absolute Gasteiger partial charge is 0.161 e. The third kappa shape index (κ3) is 3.11. The Kier molecular flexibility index (Phi) is 4.42. The molecule has 0 spiro atoms. The first-order valence-corrected chi connectivity index (χ1v) is 5.53. The quantitative estimate of drug-likeness (QED) is 0.916. The van der Waals surface area contributed by atoms with Crippen LogP contribution in [0, 0.1) is 0 Å². The maximum absolute atomic E-state index is 5.76. The van der Waals surface area contributed by atoms with E-state index >= 15 is 0 Å². The molecule has 1 rings (SSSR count). The van der Waals surface area contributed by atoms with Crippen molar-refractivity contribution in [3.63, 3.8) is 0 Å². The minimum Gasteiger partial charge on any atom is -0.493 e. The molecule has 0 saturated heterocycles. The molecule has 0 radical (unpaired) electrons. The summed E-state index contributed by atoms with van der Waals surface area (Å²) in [6.45, 7) is 1.98. The third-order valence-corrected chi connectivity index (χ3v) is 2.83. The van der Waals surface area contributed by atoms with Gasteiger partial charge in [0.1, 0.15) is 0 Å². The van der Waals surface area contributed by atoms with E-state index in [1.54, 1.807) is 14.2 Å². The molecule has 2 N–H and O–H groups in total. The molecule has 15 heavy (non-hydrogen) atoms. The zero-order valence-electron chi connectivity index (χ0n) is 9.21. The molecule has 1 atom stereocenters. The van der Waals surface area contributed by atoms with E-state index in [0.717, 1.165) is 28.0 Å². The Morgan fingerprint density at radius 3 is 2.27 bits per heavy atom. The molecule has 0 heterocycles. The maximum atomic E-state index is 5.76. The predicted octanol–water partition coefficient (Wildman–Crippen LogP) is 2.36.